The number of carbonyl (C=O) groups excluding carboxylic acids is 1. The molecular weight excluding hydrogens is 292 g/mol. The van der Waals surface area contributed by atoms with Gasteiger partial charge in [-0.3, -0.25) is 9.78 Å². The number of piperazine rings is 1. The van der Waals surface area contributed by atoms with Gasteiger partial charge in [0.1, 0.15) is 17.8 Å². The van der Waals surface area contributed by atoms with Gasteiger partial charge in [-0.15, -0.1) is 0 Å². The maximum atomic E-state index is 12.5. The molecule has 23 heavy (non-hydrogen) atoms. The van der Waals surface area contributed by atoms with Crippen LogP contribution < -0.4 is 4.90 Å². The van der Waals surface area contributed by atoms with Crippen LogP contribution in [0.5, 0.6) is 0 Å². The first-order valence-electron chi connectivity index (χ1n) is 7.55. The van der Waals surface area contributed by atoms with Crippen molar-refractivity contribution >= 4 is 22.8 Å². The molecule has 3 aromatic heterocycles. The number of H-pyrrole nitrogens is 1. The van der Waals surface area contributed by atoms with E-state index < -0.39 is 0 Å². The molecule has 4 rings (SSSR count). The number of nitrogens with one attached hydrogen (secondary N) is 1. The van der Waals surface area contributed by atoms with Gasteiger partial charge in [-0.25, -0.2) is 9.97 Å². The molecule has 0 bridgehead atoms. The molecule has 0 aromatic carbocycles. The zero-order valence-corrected chi connectivity index (χ0v) is 12.5. The zero-order chi connectivity index (χ0) is 15.6. The molecule has 0 unspecified atom stereocenters. The predicted octanol–water partition coefficient (Wildman–Crippen LogP) is 1.32. The van der Waals surface area contributed by atoms with E-state index in [9.17, 15) is 4.79 Å². The number of anilines is 1. The smallest absolute Gasteiger partial charge is 0.255 e. The highest BCUT2D eigenvalue weighted by molar-refractivity contribution is 5.94. The van der Waals surface area contributed by atoms with Crippen molar-refractivity contribution in [3.8, 4) is 0 Å². The van der Waals surface area contributed by atoms with Gasteiger partial charge >= 0.3 is 0 Å². The SMILES string of the molecule is O=C(c1cccnc1)N1CCN(c2ncnc3[nH]ccc23)CC1. The number of nitrogens with zero attached hydrogens (tertiary/aromatic N) is 5. The Morgan fingerprint density at radius 2 is 2.00 bits per heavy atom. The highest BCUT2D eigenvalue weighted by atomic mass is 16.2. The number of fused-ring (bicyclic) bond motifs is 1. The van der Waals surface area contributed by atoms with Crippen LogP contribution in [0.1, 0.15) is 10.4 Å². The number of aromatic nitrogens is 4. The molecule has 0 aliphatic carbocycles. The van der Waals surface area contributed by atoms with Crippen LogP contribution in [-0.2, 0) is 0 Å². The van der Waals surface area contributed by atoms with E-state index in [-0.39, 0.29) is 5.91 Å². The largest absolute Gasteiger partial charge is 0.352 e. The number of pyridine rings is 1. The number of carbonyl (C=O) groups is 1. The number of amides is 1. The summed E-state index contributed by atoms with van der Waals surface area (Å²) >= 11 is 0. The Morgan fingerprint density at radius 1 is 1.13 bits per heavy atom. The Bertz CT molecular complexity index is 823. The third-order valence-electron chi connectivity index (χ3n) is 4.11. The zero-order valence-electron chi connectivity index (χ0n) is 12.5. The van der Waals surface area contributed by atoms with Gasteiger partial charge in [0, 0.05) is 44.8 Å². The molecule has 4 heterocycles. The number of hydrogen-bond donors (Lipinski definition) is 1. The molecule has 0 spiro atoms. The van der Waals surface area contributed by atoms with Crippen molar-refractivity contribution in [1.29, 1.82) is 0 Å². The van der Waals surface area contributed by atoms with Gasteiger partial charge in [-0.1, -0.05) is 0 Å². The summed E-state index contributed by atoms with van der Waals surface area (Å²) in [4.78, 5) is 32.3. The van der Waals surface area contributed by atoms with Gasteiger partial charge in [0.25, 0.3) is 5.91 Å². The molecule has 1 saturated heterocycles. The quantitative estimate of drug-likeness (QED) is 0.772. The van der Waals surface area contributed by atoms with Gasteiger partial charge in [-0.05, 0) is 18.2 Å². The summed E-state index contributed by atoms with van der Waals surface area (Å²) < 4.78 is 0. The van der Waals surface area contributed by atoms with Crippen LogP contribution in [0.4, 0.5) is 5.82 Å². The van der Waals surface area contributed by atoms with Crippen LogP contribution in [0, 0.1) is 0 Å². The van der Waals surface area contributed by atoms with Crippen LogP contribution in [-0.4, -0.2) is 56.9 Å². The van der Waals surface area contributed by atoms with E-state index in [0.29, 0.717) is 18.7 Å². The molecule has 3 aromatic rings. The minimum Gasteiger partial charge on any atom is -0.352 e. The number of rotatable bonds is 2. The maximum Gasteiger partial charge on any atom is 0.255 e. The fourth-order valence-electron chi connectivity index (χ4n) is 2.90. The molecule has 0 saturated carbocycles. The van der Waals surface area contributed by atoms with Gasteiger partial charge in [0.2, 0.25) is 0 Å². The first kappa shape index (κ1) is 13.7. The molecule has 7 nitrogen and oxygen atoms in total. The molecule has 1 aliphatic rings. The molecule has 1 aliphatic heterocycles. The van der Waals surface area contributed by atoms with Crippen LogP contribution in [0.25, 0.3) is 11.0 Å². The normalized spacial score (nSPS) is 15.1. The third kappa shape index (κ3) is 2.50. The molecule has 0 radical (unpaired) electrons. The lowest BCUT2D eigenvalue weighted by molar-refractivity contribution is 0.0746. The monoisotopic (exact) mass is 308 g/mol. The van der Waals surface area contributed by atoms with Crippen molar-refractivity contribution in [2.45, 2.75) is 0 Å². The highest BCUT2D eigenvalue weighted by Gasteiger charge is 2.24. The van der Waals surface area contributed by atoms with E-state index in [1.807, 2.05) is 17.2 Å². The molecule has 1 N–H and O–H groups in total. The highest BCUT2D eigenvalue weighted by Crippen LogP contribution is 2.23. The third-order valence-corrected chi connectivity index (χ3v) is 4.11. The van der Waals surface area contributed by atoms with Crippen molar-refractivity contribution in [2.24, 2.45) is 0 Å². The lowest BCUT2D eigenvalue weighted by Crippen LogP contribution is -2.49. The summed E-state index contributed by atoms with van der Waals surface area (Å²) in [6.07, 6.45) is 6.72. The Morgan fingerprint density at radius 3 is 2.78 bits per heavy atom. The van der Waals surface area contributed by atoms with Crippen molar-refractivity contribution in [2.75, 3.05) is 31.1 Å². The first-order chi connectivity index (χ1) is 11.3. The molecule has 0 atom stereocenters. The van der Waals surface area contributed by atoms with Crippen LogP contribution in [0.2, 0.25) is 0 Å². The summed E-state index contributed by atoms with van der Waals surface area (Å²) in [5, 5.41) is 1.01. The number of hydrogen-bond acceptors (Lipinski definition) is 5. The average molecular weight is 308 g/mol. The van der Waals surface area contributed by atoms with Gasteiger partial charge in [0.15, 0.2) is 0 Å². The van der Waals surface area contributed by atoms with E-state index in [2.05, 4.69) is 24.8 Å². The first-order valence-corrected chi connectivity index (χ1v) is 7.55. The van der Waals surface area contributed by atoms with E-state index >= 15 is 0 Å². The molecule has 1 amide bonds. The molecule has 7 heteroatoms. The van der Waals surface area contributed by atoms with Crippen LogP contribution in [0.3, 0.4) is 0 Å². The fourth-order valence-corrected chi connectivity index (χ4v) is 2.90. The topological polar surface area (TPSA) is 78.0 Å². The predicted molar refractivity (Wildman–Crippen MR) is 86.2 cm³/mol. The van der Waals surface area contributed by atoms with E-state index in [1.165, 1.54) is 0 Å². The Kier molecular flexibility index (Phi) is 3.38. The van der Waals surface area contributed by atoms with Crippen molar-refractivity contribution in [1.82, 2.24) is 24.8 Å². The van der Waals surface area contributed by atoms with E-state index in [4.69, 9.17) is 0 Å². The lowest BCUT2D eigenvalue weighted by atomic mass is 10.2. The second-order valence-electron chi connectivity index (χ2n) is 5.46. The van der Waals surface area contributed by atoms with Crippen molar-refractivity contribution < 1.29 is 4.79 Å². The molecule has 1 fully saturated rings. The summed E-state index contributed by atoms with van der Waals surface area (Å²) in [6.45, 7) is 2.85. The van der Waals surface area contributed by atoms with Gasteiger partial charge < -0.3 is 14.8 Å². The van der Waals surface area contributed by atoms with Gasteiger partial charge in [-0.2, -0.15) is 0 Å². The molecular formula is C16H16N6O. The Balaban J connectivity index is 1.49. The second-order valence-corrected chi connectivity index (χ2v) is 5.46. The Hall–Kier alpha value is -2.96. The molecule has 116 valence electrons. The van der Waals surface area contributed by atoms with E-state index in [0.717, 1.165) is 29.9 Å². The lowest BCUT2D eigenvalue weighted by Gasteiger charge is -2.35. The van der Waals surface area contributed by atoms with E-state index in [1.54, 1.807) is 30.9 Å². The summed E-state index contributed by atoms with van der Waals surface area (Å²) in [5.41, 5.74) is 1.47. The maximum absolute atomic E-state index is 12.5. The average Bonchev–Trinajstić information content (AvgIpc) is 3.11. The summed E-state index contributed by atoms with van der Waals surface area (Å²) in [7, 11) is 0. The fraction of sp³-hybridized carbons (Fsp3) is 0.250. The minimum absolute atomic E-state index is 0.0345. The van der Waals surface area contributed by atoms with Crippen LogP contribution in [0.15, 0.2) is 43.1 Å². The summed E-state index contributed by atoms with van der Waals surface area (Å²) in [6, 6.07) is 5.57. The van der Waals surface area contributed by atoms with Gasteiger partial charge in [0.05, 0.1) is 10.9 Å². The minimum atomic E-state index is 0.0345. The van der Waals surface area contributed by atoms with Crippen LogP contribution >= 0.6 is 0 Å². The van der Waals surface area contributed by atoms with Crippen molar-refractivity contribution in [3.63, 3.8) is 0 Å². The number of aromatic amines is 1. The standard InChI is InChI=1S/C16H16N6O/c23-16(12-2-1-4-17-10-12)22-8-6-21(7-9-22)15-13-3-5-18-14(13)19-11-20-15/h1-5,10-11H,6-9H2,(H,18,19,20). The summed E-state index contributed by atoms with van der Waals surface area (Å²) in [5.74, 6) is 0.956. The second kappa shape index (κ2) is 5.68. The van der Waals surface area contributed by atoms with Crippen molar-refractivity contribution in [3.05, 3.63) is 48.7 Å². The Labute approximate surface area is 133 Å².